The van der Waals surface area contributed by atoms with Gasteiger partial charge in [-0.2, -0.15) is 0 Å². The Bertz CT molecular complexity index is 527. The minimum absolute atomic E-state index is 0.697. The lowest BCUT2D eigenvalue weighted by molar-refractivity contribution is 0.416. The minimum atomic E-state index is 0.697. The lowest BCUT2D eigenvalue weighted by Gasteiger charge is -2.09. The maximum Gasteiger partial charge on any atom is 0.143 e. The van der Waals surface area contributed by atoms with Gasteiger partial charge >= 0.3 is 0 Å². The summed E-state index contributed by atoms with van der Waals surface area (Å²) in [6, 6.07) is 5.62. The number of methoxy groups -OCH3 is 1. The van der Waals surface area contributed by atoms with Crippen LogP contribution in [0, 0.1) is 10.5 Å². The lowest BCUT2D eigenvalue weighted by atomic mass is 10.2. The Morgan fingerprint density at radius 2 is 2.13 bits per heavy atom. The molecule has 0 atom stereocenters. The van der Waals surface area contributed by atoms with Crippen LogP contribution in [0.25, 0.3) is 10.9 Å². The molecule has 15 heavy (non-hydrogen) atoms. The number of ether oxygens (including phenoxy) is 1. The molecule has 0 aliphatic heterocycles. The first-order chi connectivity index (χ1) is 7.13. The first-order valence-electron chi connectivity index (χ1n) is 4.43. The van der Waals surface area contributed by atoms with Crippen molar-refractivity contribution >= 4 is 45.1 Å². The van der Waals surface area contributed by atoms with E-state index in [2.05, 4.69) is 27.6 Å². The van der Waals surface area contributed by atoms with Gasteiger partial charge in [0.05, 0.1) is 21.9 Å². The van der Waals surface area contributed by atoms with Gasteiger partial charge in [0.15, 0.2) is 0 Å². The third-order valence-electron chi connectivity index (χ3n) is 2.21. The molecule has 0 fully saturated rings. The fourth-order valence-electron chi connectivity index (χ4n) is 1.50. The Kier molecular flexibility index (Phi) is 3.02. The van der Waals surface area contributed by atoms with Crippen molar-refractivity contribution in [3.63, 3.8) is 0 Å². The number of hydrogen-bond acceptors (Lipinski definition) is 2. The summed E-state index contributed by atoms with van der Waals surface area (Å²) in [7, 11) is 1.66. The number of pyridine rings is 1. The third kappa shape index (κ3) is 1.90. The summed E-state index contributed by atoms with van der Waals surface area (Å²) in [6.07, 6.45) is 0. The van der Waals surface area contributed by atoms with Crippen molar-refractivity contribution in [1.82, 2.24) is 4.98 Å². The number of aromatic nitrogens is 1. The molecule has 0 N–H and O–H groups in total. The molecule has 1 heterocycles. The number of fused-ring (bicyclic) bond motifs is 1. The maximum absolute atomic E-state index is 5.95. The summed E-state index contributed by atoms with van der Waals surface area (Å²) in [5.41, 5.74) is 1.89. The lowest BCUT2D eigenvalue weighted by Crippen LogP contribution is -1.95. The molecule has 4 heteroatoms. The van der Waals surface area contributed by atoms with Gasteiger partial charge in [0.2, 0.25) is 0 Å². The standard InChI is InChI=1S/C11H9ClINO/c1-6-10(13)11(15-2)8-5-7(12)3-4-9(8)14-6/h3-5H,1-2H3. The fourth-order valence-corrected chi connectivity index (χ4v) is 2.30. The highest BCUT2D eigenvalue weighted by Gasteiger charge is 2.10. The van der Waals surface area contributed by atoms with Gasteiger partial charge in [-0.3, -0.25) is 4.98 Å². The SMILES string of the molecule is COc1c(I)c(C)nc2ccc(Cl)cc12. The number of rotatable bonds is 1. The highest BCUT2D eigenvalue weighted by molar-refractivity contribution is 14.1. The van der Waals surface area contributed by atoms with Crippen molar-refractivity contribution in [1.29, 1.82) is 0 Å². The molecule has 0 spiro atoms. The number of hydrogen-bond donors (Lipinski definition) is 0. The number of aryl methyl sites for hydroxylation is 1. The topological polar surface area (TPSA) is 22.1 Å². The van der Waals surface area contributed by atoms with Crippen molar-refractivity contribution < 1.29 is 4.74 Å². The molecule has 0 bridgehead atoms. The third-order valence-corrected chi connectivity index (χ3v) is 3.72. The zero-order valence-electron chi connectivity index (χ0n) is 8.34. The highest BCUT2D eigenvalue weighted by Crippen LogP contribution is 2.32. The zero-order valence-corrected chi connectivity index (χ0v) is 11.3. The van der Waals surface area contributed by atoms with E-state index in [0.717, 1.165) is 25.9 Å². The van der Waals surface area contributed by atoms with E-state index in [1.54, 1.807) is 7.11 Å². The minimum Gasteiger partial charge on any atom is -0.495 e. The van der Waals surface area contributed by atoms with Crippen LogP contribution in [0.15, 0.2) is 18.2 Å². The van der Waals surface area contributed by atoms with Crippen molar-refractivity contribution in [2.45, 2.75) is 6.92 Å². The summed E-state index contributed by atoms with van der Waals surface area (Å²) < 4.78 is 6.42. The van der Waals surface area contributed by atoms with E-state index in [0.29, 0.717) is 5.02 Å². The summed E-state index contributed by atoms with van der Waals surface area (Å²) in [4.78, 5) is 4.48. The quantitative estimate of drug-likeness (QED) is 0.740. The van der Waals surface area contributed by atoms with Gasteiger partial charge in [-0.05, 0) is 47.7 Å². The summed E-state index contributed by atoms with van der Waals surface area (Å²) in [5.74, 6) is 0.848. The van der Waals surface area contributed by atoms with E-state index in [4.69, 9.17) is 16.3 Å². The van der Waals surface area contributed by atoms with E-state index >= 15 is 0 Å². The van der Waals surface area contributed by atoms with Gasteiger partial charge in [0, 0.05) is 10.4 Å². The van der Waals surface area contributed by atoms with Crippen molar-refractivity contribution in [3.05, 3.63) is 32.5 Å². The largest absolute Gasteiger partial charge is 0.495 e. The average molecular weight is 334 g/mol. The molecule has 0 saturated heterocycles. The number of nitrogens with zero attached hydrogens (tertiary/aromatic N) is 1. The van der Waals surface area contributed by atoms with E-state index in [-0.39, 0.29) is 0 Å². The van der Waals surface area contributed by atoms with Gasteiger partial charge in [-0.15, -0.1) is 0 Å². The molecule has 0 saturated carbocycles. The normalized spacial score (nSPS) is 10.7. The molecule has 0 amide bonds. The van der Waals surface area contributed by atoms with Crippen LogP contribution in [-0.4, -0.2) is 12.1 Å². The molecule has 0 aliphatic carbocycles. The van der Waals surface area contributed by atoms with Gasteiger partial charge in [-0.25, -0.2) is 0 Å². The van der Waals surface area contributed by atoms with Crippen LogP contribution in [0.1, 0.15) is 5.69 Å². The van der Waals surface area contributed by atoms with Gasteiger partial charge in [-0.1, -0.05) is 11.6 Å². The van der Waals surface area contributed by atoms with Crippen LogP contribution in [0.4, 0.5) is 0 Å². The van der Waals surface area contributed by atoms with Crippen LogP contribution < -0.4 is 4.74 Å². The van der Waals surface area contributed by atoms with Crippen LogP contribution in [0.2, 0.25) is 5.02 Å². The second-order valence-corrected chi connectivity index (χ2v) is 4.72. The van der Waals surface area contributed by atoms with Crippen LogP contribution in [-0.2, 0) is 0 Å². The van der Waals surface area contributed by atoms with Gasteiger partial charge in [0.25, 0.3) is 0 Å². The van der Waals surface area contributed by atoms with Crippen LogP contribution >= 0.6 is 34.2 Å². The van der Waals surface area contributed by atoms with Crippen LogP contribution in [0.5, 0.6) is 5.75 Å². The highest BCUT2D eigenvalue weighted by atomic mass is 127. The smallest absolute Gasteiger partial charge is 0.143 e. The first kappa shape index (κ1) is 11.0. The molecular weight excluding hydrogens is 324 g/mol. The molecule has 0 aliphatic rings. The molecule has 0 unspecified atom stereocenters. The Balaban J connectivity index is 2.89. The van der Waals surface area contributed by atoms with E-state index in [9.17, 15) is 0 Å². The van der Waals surface area contributed by atoms with Crippen LogP contribution in [0.3, 0.4) is 0 Å². The summed E-state index contributed by atoms with van der Waals surface area (Å²) >= 11 is 8.19. The van der Waals surface area contributed by atoms with Gasteiger partial charge < -0.3 is 4.74 Å². The molecule has 78 valence electrons. The molecule has 2 aromatic rings. The number of benzene rings is 1. The summed E-state index contributed by atoms with van der Waals surface area (Å²) in [6.45, 7) is 1.97. The first-order valence-corrected chi connectivity index (χ1v) is 5.88. The molecule has 1 aromatic carbocycles. The van der Waals surface area contributed by atoms with Gasteiger partial charge in [0.1, 0.15) is 5.75 Å². The summed E-state index contributed by atoms with van der Waals surface area (Å²) in [5, 5.41) is 1.65. The van der Waals surface area contributed by atoms with E-state index < -0.39 is 0 Å². The Labute approximate surface area is 107 Å². The molecular formula is C11H9ClINO. The fraction of sp³-hybridized carbons (Fsp3) is 0.182. The molecule has 2 nitrogen and oxygen atoms in total. The molecule has 2 rings (SSSR count). The Morgan fingerprint density at radius 1 is 1.40 bits per heavy atom. The van der Waals surface area contributed by atoms with Crippen molar-refractivity contribution in [2.75, 3.05) is 7.11 Å². The average Bonchev–Trinajstić information content (AvgIpc) is 2.21. The number of halogens is 2. The van der Waals surface area contributed by atoms with E-state index in [1.165, 1.54) is 0 Å². The molecule has 1 aromatic heterocycles. The van der Waals surface area contributed by atoms with Crippen molar-refractivity contribution in [3.8, 4) is 5.75 Å². The predicted molar refractivity (Wildman–Crippen MR) is 70.8 cm³/mol. The maximum atomic E-state index is 5.95. The zero-order chi connectivity index (χ0) is 11.0. The van der Waals surface area contributed by atoms with Crippen molar-refractivity contribution in [2.24, 2.45) is 0 Å². The second kappa shape index (κ2) is 4.14. The monoisotopic (exact) mass is 333 g/mol. The van der Waals surface area contributed by atoms with E-state index in [1.807, 2.05) is 25.1 Å². The molecule has 0 radical (unpaired) electrons. The Morgan fingerprint density at radius 3 is 2.80 bits per heavy atom. The Hall–Kier alpha value is -0.550. The predicted octanol–water partition coefficient (Wildman–Crippen LogP) is 3.81. The second-order valence-electron chi connectivity index (χ2n) is 3.21.